The minimum atomic E-state index is -0.323. The zero-order valence-corrected chi connectivity index (χ0v) is 12.3. The maximum atomic E-state index is 12.8. The quantitative estimate of drug-likeness (QED) is 0.755. The summed E-state index contributed by atoms with van der Waals surface area (Å²) in [6, 6.07) is 11.3. The van der Waals surface area contributed by atoms with E-state index in [9.17, 15) is 9.18 Å². The summed E-state index contributed by atoms with van der Waals surface area (Å²) in [6.07, 6.45) is 2.04. The fraction of sp³-hybridized carbons (Fsp3) is 0.188. The number of hydrogen-bond donors (Lipinski definition) is 1. The molecule has 3 rings (SSSR count). The van der Waals surface area contributed by atoms with Gasteiger partial charge < -0.3 is 10.1 Å². The van der Waals surface area contributed by atoms with Crippen LogP contribution in [0.2, 0.25) is 0 Å². The molecule has 0 radical (unpaired) electrons. The third-order valence-electron chi connectivity index (χ3n) is 3.24. The third-order valence-corrected chi connectivity index (χ3v) is 3.24. The lowest BCUT2D eigenvalue weighted by Gasteiger charge is -2.06. The molecule has 0 aliphatic rings. The third kappa shape index (κ3) is 3.82. The highest BCUT2D eigenvalue weighted by Gasteiger charge is 2.07. The van der Waals surface area contributed by atoms with Crippen LogP contribution in [0.4, 0.5) is 4.39 Å². The highest BCUT2D eigenvalue weighted by molar-refractivity contribution is 5.75. The molecular formula is C16H15FN4O2. The molecule has 0 bridgehead atoms. The van der Waals surface area contributed by atoms with Crippen LogP contribution in [0.15, 0.2) is 48.7 Å². The van der Waals surface area contributed by atoms with E-state index in [2.05, 4.69) is 15.5 Å². The number of carbonyl (C=O) groups excluding carboxylic acids is 1. The first kappa shape index (κ1) is 15.0. The second kappa shape index (κ2) is 6.87. The van der Waals surface area contributed by atoms with E-state index < -0.39 is 0 Å². The fourth-order valence-electron chi connectivity index (χ4n) is 2.07. The van der Waals surface area contributed by atoms with Crippen LogP contribution in [-0.2, 0) is 11.3 Å². The van der Waals surface area contributed by atoms with E-state index in [-0.39, 0.29) is 24.8 Å². The van der Waals surface area contributed by atoms with Crippen molar-refractivity contribution in [3.05, 3.63) is 60.3 Å². The summed E-state index contributed by atoms with van der Waals surface area (Å²) >= 11 is 0. The predicted octanol–water partition coefficient (Wildman–Crippen LogP) is 1.95. The van der Waals surface area contributed by atoms with Gasteiger partial charge in [-0.05, 0) is 36.4 Å². The summed E-state index contributed by atoms with van der Waals surface area (Å²) in [7, 11) is 0. The lowest BCUT2D eigenvalue weighted by molar-refractivity contribution is -0.121. The second-order valence-corrected chi connectivity index (χ2v) is 4.87. The summed E-state index contributed by atoms with van der Waals surface area (Å²) in [5, 5.41) is 10.8. The molecule has 0 spiro atoms. The number of nitrogens with one attached hydrogen (secondary N) is 1. The van der Waals surface area contributed by atoms with Gasteiger partial charge in [0.15, 0.2) is 11.5 Å². The molecule has 1 amide bonds. The number of carbonyl (C=O) groups is 1. The molecule has 23 heavy (non-hydrogen) atoms. The molecule has 0 unspecified atom stereocenters. The number of ether oxygens (including phenoxy) is 1. The van der Waals surface area contributed by atoms with Crippen molar-refractivity contribution in [2.24, 2.45) is 0 Å². The molecule has 2 aromatic heterocycles. The Hall–Kier alpha value is -2.96. The van der Waals surface area contributed by atoms with E-state index in [1.54, 1.807) is 0 Å². The van der Waals surface area contributed by atoms with Crippen molar-refractivity contribution in [1.82, 2.24) is 19.9 Å². The van der Waals surface area contributed by atoms with Gasteiger partial charge in [0.25, 0.3) is 0 Å². The van der Waals surface area contributed by atoms with Gasteiger partial charge in [0.05, 0.1) is 19.6 Å². The van der Waals surface area contributed by atoms with Crippen molar-refractivity contribution in [3.63, 3.8) is 0 Å². The largest absolute Gasteiger partial charge is 0.493 e. The van der Waals surface area contributed by atoms with Crippen molar-refractivity contribution >= 4 is 11.6 Å². The Morgan fingerprint density at radius 2 is 2.00 bits per heavy atom. The number of amides is 1. The maximum Gasteiger partial charge on any atom is 0.223 e. The zero-order chi connectivity index (χ0) is 16.1. The van der Waals surface area contributed by atoms with Gasteiger partial charge in [-0.1, -0.05) is 6.07 Å². The van der Waals surface area contributed by atoms with Crippen LogP contribution in [0.3, 0.4) is 0 Å². The van der Waals surface area contributed by atoms with Crippen LogP contribution >= 0.6 is 0 Å². The van der Waals surface area contributed by atoms with Gasteiger partial charge in [-0.15, -0.1) is 10.2 Å². The summed E-state index contributed by atoms with van der Waals surface area (Å²) in [4.78, 5) is 11.8. The number of halogens is 1. The second-order valence-electron chi connectivity index (χ2n) is 4.87. The van der Waals surface area contributed by atoms with E-state index in [0.717, 1.165) is 5.65 Å². The Morgan fingerprint density at radius 1 is 1.17 bits per heavy atom. The van der Waals surface area contributed by atoms with Crippen LogP contribution in [0.25, 0.3) is 5.65 Å². The van der Waals surface area contributed by atoms with Crippen molar-refractivity contribution in [2.75, 3.05) is 6.61 Å². The van der Waals surface area contributed by atoms with E-state index in [1.807, 2.05) is 28.8 Å². The number of benzene rings is 1. The van der Waals surface area contributed by atoms with Crippen molar-refractivity contribution in [1.29, 1.82) is 0 Å². The molecule has 0 aliphatic carbocycles. The van der Waals surface area contributed by atoms with Crippen LogP contribution in [0, 0.1) is 5.82 Å². The molecule has 0 saturated carbocycles. The van der Waals surface area contributed by atoms with Crippen LogP contribution in [0.5, 0.6) is 5.75 Å². The topological polar surface area (TPSA) is 68.5 Å². The minimum Gasteiger partial charge on any atom is -0.493 e. The molecule has 0 fully saturated rings. The van der Waals surface area contributed by atoms with Crippen molar-refractivity contribution in [3.8, 4) is 5.75 Å². The molecule has 118 valence electrons. The molecule has 6 nitrogen and oxygen atoms in total. The first-order chi connectivity index (χ1) is 11.2. The number of nitrogens with zero attached hydrogens (tertiary/aromatic N) is 3. The average molecular weight is 314 g/mol. The number of rotatable bonds is 6. The van der Waals surface area contributed by atoms with E-state index in [1.165, 1.54) is 24.3 Å². The molecule has 0 aliphatic heterocycles. The molecule has 2 heterocycles. The van der Waals surface area contributed by atoms with Gasteiger partial charge in [-0.25, -0.2) is 4.39 Å². The smallest absolute Gasteiger partial charge is 0.223 e. The van der Waals surface area contributed by atoms with Gasteiger partial charge >= 0.3 is 0 Å². The van der Waals surface area contributed by atoms with Gasteiger partial charge in [-0.2, -0.15) is 0 Å². The Labute approximate surface area is 131 Å². The standard InChI is InChI=1S/C16H15FN4O2/c17-12-4-6-13(7-5-12)23-10-8-16(22)18-11-15-20-19-14-3-1-2-9-21(14)15/h1-7,9H,8,10-11H2,(H,18,22). The van der Waals surface area contributed by atoms with Gasteiger partial charge in [0, 0.05) is 6.20 Å². The maximum absolute atomic E-state index is 12.8. The average Bonchev–Trinajstić information content (AvgIpc) is 2.98. The first-order valence-electron chi connectivity index (χ1n) is 7.16. The molecule has 1 aromatic carbocycles. The number of aromatic nitrogens is 3. The number of pyridine rings is 1. The fourth-order valence-corrected chi connectivity index (χ4v) is 2.07. The van der Waals surface area contributed by atoms with E-state index >= 15 is 0 Å². The lowest BCUT2D eigenvalue weighted by atomic mass is 10.3. The Bertz CT molecular complexity index is 801. The first-order valence-corrected chi connectivity index (χ1v) is 7.16. The Balaban J connectivity index is 1.45. The summed E-state index contributed by atoms with van der Waals surface area (Å²) in [6.45, 7) is 0.513. The molecule has 0 saturated heterocycles. The Morgan fingerprint density at radius 3 is 2.83 bits per heavy atom. The van der Waals surface area contributed by atoms with Crippen LogP contribution in [-0.4, -0.2) is 27.1 Å². The number of fused-ring (bicyclic) bond motifs is 1. The lowest BCUT2D eigenvalue weighted by Crippen LogP contribution is -2.25. The summed E-state index contributed by atoms with van der Waals surface area (Å²) in [5.41, 5.74) is 0.733. The molecule has 1 N–H and O–H groups in total. The highest BCUT2D eigenvalue weighted by atomic mass is 19.1. The zero-order valence-electron chi connectivity index (χ0n) is 12.3. The summed E-state index contributed by atoms with van der Waals surface area (Å²) < 4.78 is 19.9. The SMILES string of the molecule is O=C(CCOc1ccc(F)cc1)NCc1nnc2ccccn12. The van der Waals surface area contributed by atoms with Gasteiger partial charge in [0.2, 0.25) is 5.91 Å². The summed E-state index contributed by atoms with van der Waals surface area (Å²) in [5.74, 6) is 0.714. The van der Waals surface area contributed by atoms with Crippen molar-refractivity contribution < 1.29 is 13.9 Å². The van der Waals surface area contributed by atoms with Crippen LogP contribution < -0.4 is 10.1 Å². The van der Waals surface area contributed by atoms with E-state index in [0.29, 0.717) is 18.1 Å². The minimum absolute atomic E-state index is 0.153. The normalized spacial score (nSPS) is 10.7. The number of hydrogen-bond acceptors (Lipinski definition) is 4. The molecule has 0 atom stereocenters. The van der Waals surface area contributed by atoms with Gasteiger partial charge in [0.1, 0.15) is 11.6 Å². The predicted molar refractivity (Wildman–Crippen MR) is 81.3 cm³/mol. The molecule has 7 heteroatoms. The highest BCUT2D eigenvalue weighted by Crippen LogP contribution is 2.11. The molecule has 3 aromatic rings. The van der Waals surface area contributed by atoms with Gasteiger partial charge in [-0.3, -0.25) is 9.20 Å². The Kier molecular flexibility index (Phi) is 4.46. The van der Waals surface area contributed by atoms with Crippen molar-refractivity contribution in [2.45, 2.75) is 13.0 Å². The molecular weight excluding hydrogens is 299 g/mol. The monoisotopic (exact) mass is 314 g/mol. The van der Waals surface area contributed by atoms with Crippen LogP contribution in [0.1, 0.15) is 12.2 Å². The van der Waals surface area contributed by atoms with E-state index in [4.69, 9.17) is 4.74 Å².